The summed E-state index contributed by atoms with van der Waals surface area (Å²) in [6, 6.07) is 30.9. The molecule has 3 atom stereocenters. The molecule has 3 aromatic carbocycles. The average Bonchev–Trinajstić information content (AvgIpc) is 3.63. The largest absolute Gasteiger partial charge is 0.481 e. The van der Waals surface area contributed by atoms with Gasteiger partial charge >= 0.3 is 5.97 Å². The smallest absolute Gasteiger partial charge is 0.306 e. The maximum Gasteiger partial charge on any atom is 0.306 e. The van der Waals surface area contributed by atoms with Crippen molar-refractivity contribution in [1.29, 1.82) is 0 Å². The van der Waals surface area contributed by atoms with Crippen molar-refractivity contribution in [3.8, 4) is 11.1 Å². The van der Waals surface area contributed by atoms with Gasteiger partial charge in [0.2, 0.25) is 0 Å². The Balaban J connectivity index is 1.37. The van der Waals surface area contributed by atoms with Crippen LogP contribution in [-0.4, -0.2) is 27.1 Å². The second-order valence-electron chi connectivity index (χ2n) is 10.2. The van der Waals surface area contributed by atoms with Crippen molar-refractivity contribution in [2.24, 2.45) is 5.92 Å². The minimum Gasteiger partial charge on any atom is -0.481 e. The Bertz CT molecular complexity index is 1500. The summed E-state index contributed by atoms with van der Waals surface area (Å²) < 4.78 is 1.52. The summed E-state index contributed by atoms with van der Waals surface area (Å²) in [4.78, 5) is 37.6. The van der Waals surface area contributed by atoms with Crippen LogP contribution in [0.4, 0.5) is 0 Å². The Morgan fingerprint density at radius 2 is 1.55 bits per heavy atom. The second-order valence-corrected chi connectivity index (χ2v) is 10.2. The molecule has 1 saturated carbocycles. The number of benzene rings is 3. The number of amides is 1. The normalized spacial score (nSPS) is 18.9. The molecule has 0 radical (unpaired) electrons. The number of nitrogens with one attached hydrogen (secondary N) is 1. The lowest BCUT2D eigenvalue weighted by molar-refractivity contribution is -0.141. The first-order chi connectivity index (χ1) is 18.3. The van der Waals surface area contributed by atoms with Crippen molar-refractivity contribution >= 4 is 11.9 Å². The zero-order valence-electron chi connectivity index (χ0n) is 21.2. The molecule has 1 aliphatic rings. The van der Waals surface area contributed by atoms with Crippen LogP contribution in [0.3, 0.4) is 0 Å². The third kappa shape index (κ3) is 5.44. The number of hydrogen-bond donors (Lipinski definition) is 2. The summed E-state index contributed by atoms with van der Waals surface area (Å²) in [5.41, 5.74) is 3.76. The first-order valence-corrected chi connectivity index (χ1v) is 12.8. The van der Waals surface area contributed by atoms with Gasteiger partial charge in [0.15, 0.2) is 0 Å². The number of carboxylic acids is 1. The van der Waals surface area contributed by atoms with E-state index in [1.165, 1.54) is 16.7 Å². The summed E-state index contributed by atoms with van der Waals surface area (Å²) >= 11 is 0. The van der Waals surface area contributed by atoms with E-state index in [9.17, 15) is 19.5 Å². The average molecular weight is 507 g/mol. The molecule has 1 unspecified atom stereocenters. The van der Waals surface area contributed by atoms with Crippen LogP contribution in [-0.2, 0) is 11.3 Å². The summed E-state index contributed by atoms with van der Waals surface area (Å²) in [5.74, 6) is -1.81. The van der Waals surface area contributed by atoms with Crippen LogP contribution >= 0.6 is 0 Å². The monoisotopic (exact) mass is 506 g/mol. The van der Waals surface area contributed by atoms with Gasteiger partial charge in [-0.15, -0.1) is 0 Å². The molecule has 5 rings (SSSR count). The van der Waals surface area contributed by atoms with Crippen LogP contribution in [0.2, 0.25) is 0 Å². The Kier molecular flexibility index (Phi) is 6.97. The maximum atomic E-state index is 13.4. The molecule has 0 aliphatic heterocycles. The van der Waals surface area contributed by atoms with Gasteiger partial charge in [-0.1, -0.05) is 91.9 Å². The SMILES string of the molecule is C[C@H](CC1(NC(=O)c2ccc(=O)n(Cc3ccccc3)c2)C[C@H]1c1ccc(-c2ccccc2)cc1)C(=O)O. The molecule has 4 aromatic rings. The van der Waals surface area contributed by atoms with Crippen molar-refractivity contribution in [2.45, 2.75) is 37.8 Å². The number of nitrogens with zero attached hydrogens (tertiary/aromatic N) is 1. The highest BCUT2D eigenvalue weighted by Gasteiger charge is 2.56. The summed E-state index contributed by atoms with van der Waals surface area (Å²) in [5, 5.41) is 12.8. The van der Waals surface area contributed by atoms with E-state index in [1.54, 1.807) is 13.1 Å². The quantitative estimate of drug-likeness (QED) is 0.321. The molecule has 1 aliphatic carbocycles. The maximum absolute atomic E-state index is 13.4. The minimum atomic E-state index is -0.889. The fourth-order valence-electron chi connectivity index (χ4n) is 5.20. The van der Waals surface area contributed by atoms with Crippen LogP contribution in [0, 0.1) is 5.92 Å². The molecule has 0 spiro atoms. The number of pyridine rings is 1. The molecule has 0 bridgehead atoms. The van der Waals surface area contributed by atoms with Crippen LogP contribution in [0.15, 0.2) is 108 Å². The molecule has 38 heavy (non-hydrogen) atoms. The summed E-state index contributed by atoms with van der Waals surface area (Å²) in [7, 11) is 0. The molecule has 1 amide bonds. The Morgan fingerprint density at radius 3 is 2.21 bits per heavy atom. The van der Waals surface area contributed by atoms with E-state index >= 15 is 0 Å². The van der Waals surface area contributed by atoms with Crippen molar-refractivity contribution in [1.82, 2.24) is 9.88 Å². The number of rotatable bonds is 9. The first-order valence-electron chi connectivity index (χ1n) is 12.8. The van der Waals surface area contributed by atoms with Gasteiger partial charge < -0.3 is 15.0 Å². The zero-order valence-corrected chi connectivity index (χ0v) is 21.2. The first kappa shape index (κ1) is 25.2. The van der Waals surface area contributed by atoms with Crippen molar-refractivity contribution in [3.05, 3.63) is 130 Å². The van der Waals surface area contributed by atoms with Gasteiger partial charge in [0.05, 0.1) is 18.0 Å². The van der Waals surface area contributed by atoms with E-state index in [0.29, 0.717) is 24.9 Å². The highest BCUT2D eigenvalue weighted by molar-refractivity contribution is 5.95. The topological polar surface area (TPSA) is 88.4 Å². The van der Waals surface area contributed by atoms with Crippen LogP contribution in [0.25, 0.3) is 11.1 Å². The van der Waals surface area contributed by atoms with Gasteiger partial charge in [0.1, 0.15) is 0 Å². The molecular formula is C32H30N2O4. The van der Waals surface area contributed by atoms with E-state index in [2.05, 4.69) is 41.7 Å². The third-order valence-electron chi connectivity index (χ3n) is 7.39. The van der Waals surface area contributed by atoms with Crippen LogP contribution < -0.4 is 10.9 Å². The highest BCUT2D eigenvalue weighted by atomic mass is 16.4. The number of hydrogen-bond acceptors (Lipinski definition) is 3. The number of carbonyl (C=O) groups excluding carboxylic acids is 1. The molecule has 1 heterocycles. The van der Waals surface area contributed by atoms with Gasteiger partial charge in [-0.25, -0.2) is 0 Å². The number of carbonyl (C=O) groups is 2. The number of aliphatic carboxylic acids is 1. The predicted molar refractivity (Wildman–Crippen MR) is 147 cm³/mol. The third-order valence-corrected chi connectivity index (χ3v) is 7.39. The van der Waals surface area contributed by atoms with E-state index < -0.39 is 17.4 Å². The molecule has 6 nitrogen and oxygen atoms in total. The van der Waals surface area contributed by atoms with E-state index in [-0.39, 0.29) is 17.4 Å². The molecule has 0 saturated heterocycles. The lowest BCUT2D eigenvalue weighted by Gasteiger charge is -2.22. The van der Waals surface area contributed by atoms with Gasteiger partial charge in [0, 0.05) is 23.7 Å². The number of carboxylic acid groups (broad SMARTS) is 1. The fourth-order valence-corrected chi connectivity index (χ4v) is 5.20. The Morgan fingerprint density at radius 1 is 0.921 bits per heavy atom. The molecule has 2 N–H and O–H groups in total. The zero-order chi connectivity index (χ0) is 26.7. The van der Waals surface area contributed by atoms with E-state index in [0.717, 1.165) is 22.3 Å². The van der Waals surface area contributed by atoms with Crippen LogP contribution in [0.1, 0.15) is 47.2 Å². The predicted octanol–water partition coefficient (Wildman–Crippen LogP) is 5.33. The summed E-state index contributed by atoms with van der Waals surface area (Å²) in [6.07, 6.45) is 2.55. The van der Waals surface area contributed by atoms with Crippen molar-refractivity contribution in [3.63, 3.8) is 0 Å². The van der Waals surface area contributed by atoms with Crippen molar-refractivity contribution < 1.29 is 14.7 Å². The van der Waals surface area contributed by atoms with Crippen LogP contribution in [0.5, 0.6) is 0 Å². The fraction of sp³-hybridized carbons (Fsp3) is 0.219. The minimum absolute atomic E-state index is 0.00768. The van der Waals surface area contributed by atoms with Crippen molar-refractivity contribution in [2.75, 3.05) is 0 Å². The lowest BCUT2D eigenvalue weighted by Crippen LogP contribution is -2.41. The molecular weight excluding hydrogens is 476 g/mol. The van der Waals surface area contributed by atoms with Gasteiger partial charge in [-0.2, -0.15) is 0 Å². The highest BCUT2D eigenvalue weighted by Crippen LogP contribution is 2.55. The molecule has 1 aromatic heterocycles. The van der Waals surface area contributed by atoms with Gasteiger partial charge in [-0.05, 0) is 41.2 Å². The number of aromatic nitrogens is 1. The molecule has 1 fully saturated rings. The molecule has 6 heteroatoms. The molecule has 192 valence electrons. The summed E-state index contributed by atoms with van der Waals surface area (Å²) in [6.45, 7) is 2.03. The van der Waals surface area contributed by atoms with E-state index in [4.69, 9.17) is 0 Å². The Hall–Kier alpha value is -4.45. The van der Waals surface area contributed by atoms with Gasteiger partial charge in [0.25, 0.3) is 11.5 Å². The second kappa shape index (κ2) is 10.5. The van der Waals surface area contributed by atoms with E-state index in [1.807, 2.05) is 48.5 Å². The Labute approximate surface area is 221 Å². The standard InChI is InChI=1S/C32H30N2O4/c1-22(31(37)38)18-32(19-28(32)26-14-12-25(13-15-26)24-10-6-3-7-11-24)33-30(36)27-16-17-29(35)34(21-27)20-23-8-4-2-5-9-23/h2-17,21-22,28H,18-20H2,1H3,(H,33,36)(H,37,38)/t22-,28+,32?/m1/s1. The lowest BCUT2D eigenvalue weighted by atomic mass is 9.94. The van der Waals surface area contributed by atoms with Gasteiger partial charge in [-0.3, -0.25) is 14.4 Å².